The van der Waals surface area contributed by atoms with Gasteiger partial charge in [0.15, 0.2) is 0 Å². The van der Waals surface area contributed by atoms with Crippen molar-refractivity contribution in [2.75, 3.05) is 7.11 Å². The first-order valence-corrected chi connectivity index (χ1v) is 10.1. The normalized spacial score (nSPS) is 10.9. The van der Waals surface area contributed by atoms with E-state index in [1.165, 1.54) is 20.1 Å². The molecule has 164 valence electrons. The summed E-state index contributed by atoms with van der Waals surface area (Å²) in [5.74, 6) is 0.108. The van der Waals surface area contributed by atoms with Crippen LogP contribution in [0.2, 0.25) is 0 Å². The van der Waals surface area contributed by atoms with Crippen molar-refractivity contribution in [3.63, 3.8) is 0 Å². The minimum atomic E-state index is -0.650. The number of nitrogens with one attached hydrogen (secondary N) is 1. The van der Waals surface area contributed by atoms with Gasteiger partial charge >= 0.3 is 5.97 Å². The Labute approximate surface area is 187 Å². The Morgan fingerprint density at radius 3 is 1.75 bits per heavy atom. The number of benzene rings is 3. The van der Waals surface area contributed by atoms with Crippen molar-refractivity contribution in [1.82, 2.24) is 5.32 Å². The molecule has 0 saturated heterocycles. The highest BCUT2D eigenvalue weighted by Gasteiger charge is 2.12. The van der Waals surface area contributed by atoms with Crippen molar-refractivity contribution in [3.8, 4) is 11.5 Å². The van der Waals surface area contributed by atoms with E-state index in [1.807, 2.05) is 60.7 Å². The lowest BCUT2D eigenvalue weighted by Crippen LogP contribution is -2.25. The summed E-state index contributed by atoms with van der Waals surface area (Å²) in [5, 5.41) is 2.50. The highest BCUT2D eigenvalue weighted by atomic mass is 16.5. The number of rotatable bonds is 9. The lowest BCUT2D eigenvalue weighted by Gasteiger charge is -2.12. The molecule has 1 N–H and O–H groups in total. The first-order valence-electron chi connectivity index (χ1n) is 10.1. The molecule has 0 fully saturated rings. The van der Waals surface area contributed by atoms with Gasteiger partial charge in [0.25, 0.3) is 0 Å². The number of methoxy groups -OCH3 is 1. The molecular formula is C26H25NO5. The summed E-state index contributed by atoms with van der Waals surface area (Å²) >= 11 is 0. The molecule has 0 heterocycles. The van der Waals surface area contributed by atoms with Gasteiger partial charge in [0, 0.05) is 13.0 Å². The topological polar surface area (TPSA) is 73.9 Å². The van der Waals surface area contributed by atoms with E-state index in [-0.39, 0.29) is 11.6 Å². The third-order valence-corrected chi connectivity index (χ3v) is 4.43. The minimum Gasteiger partial charge on any atom is -0.489 e. The first kappa shape index (κ1) is 22.6. The molecule has 32 heavy (non-hydrogen) atoms. The van der Waals surface area contributed by atoms with Gasteiger partial charge in [-0.25, -0.2) is 4.79 Å². The van der Waals surface area contributed by atoms with E-state index in [1.54, 1.807) is 18.2 Å². The second-order valence-corrected chi connectivity index (χ2v) is 7.02. The number of esters is 1. The monoisotopic (exact) mass is 431 g/mol. The number of hydrogen-bond donors (Lipinski definition) is 1. The molecule has 0 saturated carbocycles. The number of hydrogen-bond acceptors (Lipinski definition) is 5. The van der Waals surface area contributed by atoms with E-state index >= 15 is 0 Å². The lowest BCUT2D eigenvalue weighted by molar-refractivity contribution is -0.137. The van der Waals surface area contributed by atoms with Crippen molar-refractivity contribution >= 4 is 18.0 Å². The zero-order valence-electron chi connectivity index (χ0n) is 18.0. The Bertz CT molecular complexity index is 1020. The van der Waals surface area contributed by atoms with Crippen LogP contribution in [0.4, 0.5) is 0 Å². The summed E-state index contributed by atoms with van der Waals surface area (Å²) < 4.78 is 16.7. The van der Waals surface area contributed by atoms with E-state index in [2.05, 4.69) is 5.32 Å². The van der Waals surface area contributed by atoms with Gasteiger partial charge in [0.05, 0.1) is 7.11 Å². The maximum atomic E-state index is 12.1. The molecule has 0 aromatic heterocycles. The van der Waals surface area contributed by atoms with E-state index < -0.39 is 5.97 Å². The Morgan fingerprint density at radius 2 is 1.31 bits per heavy atom. The summed E-state index contributed by atoms with van der Waals surface area (Å²) in [6.07, 6.45) is 1.53. The van der Waals surface area contributed by atoms with Gasteiger partial charge in [-0.15, -0.1) is 0 Å². The van der Waals surface area contributed by atoms with Crippen molar-refractivity contribution in [3.05, 3.63) is 101 Å². The average Bonchev–Trinajstić information content (AvgIpc) is 2.81. The van der Waals surface area contributed by atoms with E-state index in [9.17, 15) is 9.59 Å². The molecular weight excluding hydrogens is 406 g/mol. The van der Waals surface area contributed by atoms with Gasteiger partial charge in [-0.1, -0.05) is 60.7 Å². The molecule has 0 unspecified atom stereocenters. The van der Waals surface area contributed by atoms with Gasteiger partial charge < -0.3 is 19.5 Å². The highest BCUT2D eigenvalue weighted by molar-refractivity contribution is 5.97. The molecule has 0 radical (unpaired) electrons. The van der Waals surface area contributed by atoms with Crippen molar-refractivity contribution in [2.45, 2.75) is 20.1 Å². The van der Waals surface area contributed by atoms with Crippen molar-refractivity contribution < 1.29 is 23.8 Å². The molecule has 0 aliphatic heterocycles. The Kier molecular flexibility index (Phi) is 8.03. The van der Waals surface area contributed by atoms with Gasteiger partial charge in [-0.05, 0) is 34.9 Å². The number of carbonyl (C=O) groups is 2. The average molecular weight is 431 g/mol. The molecule has 6 nitrogen and oxygen atoms in total. The second kappa shape index (κ2) is 11.4. The van der Waals surface area contributed by atoms with Crippen molar-refractivity contribution in [1.29, 1.82) is 0 Å². The highest BCUT2D eigenvalue weighted by Crippen LogP contribution is 2.26. The fourth-order valence-corrected chi connectivity index (χ4v) is 2.94. The van der Waals surface area contributed by atoms with Crippen LogP contribution in [0.5, 0.6) is 11.5 Å². The summed E-state index contributed by atoms with van der Waals surface area (Å²) in [6, 6.07) is 24.9. The smallest absolute Gasteiger partial charge is 0.354 e. The maximum Gasteiger partial charge on any atom is 0.354 e. The van der Waals surface area contributed by atoms with Crippen LogP contribution >= 0.6 is 0 Å². The molecule has 3 aromatic carbocycles. The van der Waals surface area contributed by atoms with E-state index in [0.717, 1.165) is 11.1 Å². The standard InChI is InChI=1S/C26H25NO5/c1-19(28)27-25(26(29)30-2)15-22-13-23(31-17-20-9-5-3-6-10-20)16-24(14-22)32-18-21-11-7-4-8-12-21/h3-16H,17-18H2,1-2H3,(H,27,28)/b25-15+. The van der Waals surface area contributed by atoms with Gasteiger partial charge in [0.1, 0.15) is 30.4 Å². The van der Waals surface area contributed by atoms with Crippen LogP contribution in [0.1, 0.15) is 23.6 Å². The van der Waals surface area contributed by atoms with Gasteiger partial charge in [-0.3, -0.25) is 4.79 Å². The molecule has 0 bridgehead atoms. The largest absolute Gasteiger partial charge is 0.489 e. The summed E-state index contributed by atoms with van der Waals surface area (Å²) in [4.78, 5) is 23.6. The number of carbonyl (C=O) groups excluding carboxylic acids is 2. The molecule has 0 aliphatic rings. The summed E-state index contributed by atoms with van der Waals surface area (Å²) in [6.45, 7) is 2.08. The van der Waals surface area contributed by atoms with Crippen LogP contribution in [-0.4, -0.2) is 19.0 Å². The van der Waals surface area contributed by atoms with Crippen LogP contribution in [0.25, 0.3) is 6.08 Å². The zero-order chi connectivity index (χ0) is 22.8. The SMILES string of the molecule is COC(=O)/C(=C\c1cc(OCc2ccccc2)cc(OCc2ccccc2)c1)NC(C)=O. The second-order valence-electron chi connectivity index (χ2n) is 7.02. The van der Waals surface area contributed by atoms with Gasteiger partial charge in [-0.2, -0.15) is 0 Å². The number of amides is 1. The Morgan fingerprint density at radius 1 is 0.812 bits per heavy atom. The van der Waals surface area contributed by atoms with Crippen LogP contribution < -0.4 is 14.8 Å². The third kappa shape index (κ3) is 7.02. The minimum absolute atomic E-state index is 0.0224. The van der Waals surface area contributed by atoms with Crippen LogP contribution in [0.15, 0.2) is 84.6 Å². The quantitative estimate of drug-likeness (QED) is 0.399. The molecule has 6 heteroatoms. The molecule has 0 spiro atoms. The molecule has 3 rings (SSSR count). The summed E-state index contributed by atoms with van der Waals surface area (Å²) in [5.41, 5.74) is 2.68. The first-order chi connectivity index (χ1) is 15.5. The maximum absolute atomic E-state index is 12.1. The van der Waals surface area contributed by atoms with Crippen molar-refractivity contribution in [2.24, 2.45) is 0 Å². The molecule has 3 aromatic rings. The van der Waals surface area contributed by atoms with Gasteiger partial charge in [0.2, 0.25) is 5.91 Å². The summed E-state index contributed by atoms with van der Waals surface area (Å²) in [7, 11) is 1.26. The van der Waals surface area contributed by atoms with E-state index in [4.69, 9.17) is 14.2 Å². The van der Waals surface area contributed by atoms with E-state index in [0.29, 0.717) is 30.3 Å². The lowest BCUT2D eigenvalue weighted by atomic mass is 10.1. The molecule has 0 atom stereocenters. The van der Waals surface area contributed by atoms with Crippen LogP contribution in [-0.2, 0) is 27.5 Å². The van der Waals surface area contributed by atoms with Crippen LogP contribution in [0, 0.1) is 0 Å². The van der Waals surface area contributed by atoms with Crippen LogP contribution in [0.3, 0.4) is 0 Å². The predicted molar refractivity (Wildman–Crippen MR) is 122 cm³/mol. The predicted octanol–water partition coefficient (Wildman–Crippen LogP) is 4.49. The fraction of sp³-hybridized carbons (Fsp3) is 0.154. The fourth-order valence-electron chi connectivity index (χ4n) is 2.94. The Hall–Kier alpha value is -4.06. The molecule has 1 amide bonds. The Balaban J connectivity index is 1.88. The third-order valence-electron chi connectivity index (χ3n) is 4.43. The number of ether oxygens (including phenoxy) is 3. The zero-order valence-corrected chi connectivity index (χ0v) is 18.0. The molecule has 0 aliphatic carbocycles.